The van der Waals surface area contributed by atoms with Crippen LogP contribution in [0.5, 0.6) is 5.75 Å². The van der Waals surface area contributed by atoms with Crippen LogP contribution in [-0.4, -0.2) is 11.1 Å². The van der Waals surface area contributed by atoms with Crippen LogP contribution in [0.4, 0.5) is 0 Å². The van der Waals surface area contributed by atoms with Gasteiger partial charge in [-0.25, -0.2) is 5.43 Å². The molecule has 1 atom stereocenters. The Morgan fingerprint density at radius 2 is 1.95 bits per heavy atom. The summed E-state index contributed by atoms with van der Waals surface area (Å²) in [6.45, 7) is 3.96. The number of rotatable bonds is 5. The zero-order valence-electron chi connectivity index (χ0n) is 11.8. The van der Waals surface area contributed by atoms with Gasteiger partial charge in [-0.3, -0.25) is 10.8 Å². The van der Waals surface area contributed by atoms with Crippen LogP contribution in [0, 0.1) is 0 Å². The molecule has 1 heterocycles. The molecule has 112 valence electrons. The number of ether oxygens (including phenoxy) is 1. The normalized spacial score (nSPS) is 12.5. The Kier molecular flexibility index (Phi) is 5.75. The number of benzene rings is 1. The molecule has 1 unspecified atom stereocenters. The van der Waals surface area contributed by atoms with E-state index in [0.717, 1.165) is 25.8 Å². The molecule has 21 heavy (non-hydrogen) atoms. The Hall–Kier alpha value is -0.950. The second kappa shape index (κ2) is 7.35. The van der Waals surface area contributed by atoms with E-state index in [4.69, 9.17) is 10.6 Å². The lowest BCUT2D eigenvalue weighted by atomic mass is 10.0. The summed E-state index contributed by atoms with van der Waals surface area (Å²) in [5.74, 6) is 6.48. The van der Waals surface area contributed by atoms with E-state index in [1.165, 1.54) is 0 Å². The van der Waals surface area contributed by atoms with Crippen molar-refractivity contribution in [3.63, 3.8) is 0 Å². The average molecular weight is 415 g/mol. The highest BCUT2D eigenvalue weighted by Crippen LogP contribution is 2.31. The molecule has 1 aromatic heterocycles. The predicted molar refractivity (Wildman–Crippen MR) is 91.0 cm³/mol. The summed E-state index contributed by atoms with van der Waals surface area (Å²) in [4.78, 5) is 4.24. The number of pyridine rings is 1. The zero-order chi connectivity index (χ0) is 15.4. The molecule has 6 heteroatoms. The minimum Gasteiger partial charge on any atom is -0.489 e. The molecule has 2 rings (SSSR count). The highest BCUT2D eigenvalue weighted by molar-refractivity contribution is 9.11. The predicted octanol–water partition coefficient (Wildman–Crippen LogP) is 3.95. The summed E-state index contributed by atoms with van der Waals surface area (Å²) in [6.07, 6.45) is 3.59. The van der Waals surface area contributed by atoms with E-state index < -0.39 is 0 Å². The second-order valence-electron chi connectivity index (χ2n) is 4.89. The first-order valence-electron chi connectivity index (χ1n) is 6.54. The van der Waals surface area contributed by atoms with Crippen molar-refractivity contribution < 1.29 is 4.74 Å². The first-order chi connectivity index (χ1) is 10.0. The summed E-state index contributed by atoms with van der Waals surface area (Å²) in [5, 5.41) is 0. The maximum absolute atomic E-state index is 5.75. The van der Waals surface area contributed by atoms with E-state index in [1.807, 2.05) is 38.1 Å². The lowest BCUT2D eigenvalue weighted by molar-refractivity contribution is 0.241. The quantitative estimate of drug-likeness (QED) is 0.574. The molecule has 0 saturated heterocycles. The van der Waals surface area contributed by atoms with Crippen LogP contribution >= 0.6 is 31.9 Å². The van der Waals surface area contributed by atoms with Gasteiger partial charge in [0.1, 0.15) is 5.75 Å². The van der Waals surface area contributed by atoms with Gasteiger partial charge in [0.2, 0.25) is 0 Å². The Balaban J connectivity index is 2.39. The van der Waals surface area contributed by atoms with Crippen molar-refractivity contribution in [1.29, 1.82) is 0 Å². The molecule has 0 bridgehead atoms. The molecule has 0 amide bonds. The molecule has 0 spiro atoms. The van der Waals surface area contributed by atoms with Crippen molar-refractivity contribution in [2.75, 3.05) is 0 Å². The molecule has 0 aliphatic heterocycles. The smallest absolute Gasteiger partial charge is 0.138 e. The largest absolute Gasteiger partial charge is 0.489 e. The monoisotopic (exact) mass is 413 g/mol. The molecule has 0 aliphatic rings. The van der Waals surface area contributed by atoms with Crippen molar-refractivity contribution in [2.45, 2.75) is 26.0 Å². The van der Waals surface area contributed by atoms with E-state index >= 15 is 0 Å². The second-order valence-corrected chi connectivity index (χ2v) is 6.66. The van der Waals surface area contributed by atoms with Crippen LogP contribution in [0.15, 0.2) is 45.6 Å². The molecule has 0 saturated carbocycles. The molecule has 1 aromatic carbocycles. The van der Waals surface area contributed by atoms with Gasteiger partial charge in [0, 0.05) is 15.1 Å². The van der Waals surface area contributed by atoms with Crippen molar-refractivity contribution in [1.82, 2.24) is 10.4 Å². The van der Waals surface area contributed by atoms with Crippen molar-refractivity contribution in [3.05, 3.63) is 56.7 Å². The minimum absolute atomic E-state index is 0.101. The fourth-order valence-electron chi connectivity index (χ4n) is 2.03. The SMILES string of the molecule is CC(C)Oc1cncc(C(NN)c2cc(Br)ccc2Br)c1. The van der Waals surface area contributed by atoms with Gasteiger partial charge in [-0.15, -0.1) is 0 Å². The molecule has 0 aliphatic carbocycles. The highest BCUT2D eigenvalue weighted by Gasteiger charge is 2.17. The van der Waals surface area contributed by atoms with Gasteiger partial charge in [-0.05, 0) is 49.2 Å². The molecule has 0 radical (unpaired) electrons. The molecule has 2 aromatic rings. The number of nitrogens with two attached hydrogens (primary N) is 1. The average Bonchev–Trinajstić information content (AvgIpc) is 2.43. The van der Waals surface area contributed by atoms with Gasteiger partial charge >= 0.3 is 0 Å². The number of aromatic nitrogens is 1. The Morgan fingerprint density at radius 1 is 1.19 bits per heavy atom. The van der Waals surface area contributed by atoms with E-state index in [0.29, 0.717) is 0 Å². The van der Waals surface area contributed by atoms with E-state index in [9.17, 15) is 0 Å². The molecular weight excluding hydrogens is 398 g/mol. The highest BCUT2D eigenvalue weighted by atomic mass is 79.9. The van der Waals surface area contributed by atoms with Crippen molar-refractivity contribution in [3.8, 4) is 5.75 Å². The van der Waals surface area contributed by atoms with Gasteiger partial charge in [0.15, 0.2) is 0 Å². The number of halogens is 2. The molecule has 4 nitrogen and oxygen atoms in total. The lowest BCUT2D eigenvalue weighted by Crippen LogP contribution is -2.29. The third-order valence-corrected chi connectivity index (χ3v) is 4.09. The third kappa shape index (κ3) is 4.26. The van der Waals surface area contributed by atoms with Crippen molar-refractivity contribution >= 4 is 31.9 Å². The van der Waals surface area contributed by atoms with Crippen molar-refractivity contribution in [2.24, 2.45) is 5.84 Å². The first kappa shape index (κ1) is 16.4. The van der Waals surface area contributed by atoms with Gasteiger partial charge in [0.25, 0.3) is 0 Å². The number of nitrogens with one attached hydrogen (secondary N) is 1. The first-order valence-corrected chi connectivity index (χ1v) is 8.12. The number of nitrogens with zero attached hydrogens (tertiary/aromatic N) is 1. The molecule has 0 fully saturated rings. The maximum Gasteiger partial charge on any atom is 0.138 e. The lowest BCUT2D eigenvalue weighted by Gasteiger charge is -2.19. The fraction of sp³-hybridized carbons (Fsp3) is 0.267. The Morgan fingerprint density at radius 3 is 2.62 bits per heavy atom. The number of hydrogen-bond acceptors (Lipinski definition) is 4. The van der Waals surface area contributed by atoms with E-state index in [1.54, 1.807) is 12.4 Å². The van der Waals surface area contributed by atoms with Crippen LogP contribution in [0.25, 0.3) is 0 Å². The summed E-state index contributed by atoms with van der Waals surface area (Å²) in [6, 6.07) is 7.74. The van der Waals surface area contributed by atoms with Crippen LogP contribution in [0.2, 0.25) is 0 Å². The fourth-order valence-corrected chi connectivity index (χ4v) is 2.89. The standard InChI is InChI=1S/C15H17Br2N3O/c1-9(2)21-12-5-10(7-19-8-12)15(20-18)13-6-11(16)3-4-14(13)17/h3-9,15,20H,18H2,1-2H3. The number of hydrazine groups is 1. The maximum atomic E-state index is 5.75. The zero-order valence-corrected chi connectivity index (χ0v) is 15.0. The minimum atomic E-state index is -0.180. The van der Waals surface area contributed by atoms with Crippen LogP contribution < -0.4 is 16.0 Å². The van der Waals surface area contributed by atoms with Gasteiger partial charge < -0.3 is 4.74 Å². The molecule has 3 N–H and O–H groups in total. The summed E-state index contributed by atoms with van der Waals surface area (Å²) in [7, 11) is 0. The van der Waals surface area contributed by atoms with E-state index in [-0.39, 0.29) is 12.1 Å². The summed E-state index contributed by atoms with van der Waals surface area (Å²) in [5.41, 5.74) is 4.80. The Labute approximate surface area is 141 Å². The summed E-state index contributed by atoms with van der Waals surface area (Å²) >= 11 is 7.04. The third-order valence-electron chi connectivity index (χ3n) is 2.88. The van der Waals surface area contributed by atoms with Gasteiger partial charge in [-0.2, -0.15) is 0 Å². The summed E-state index contributed by atoms with van der Waals surface area (Å²) < 4.78 is 7.65. The van der Waals surface area contributed by atoms with Crippen LogP contribution in [0.1, 0.15) is 31.0 Å². The Bertz CT molecular complexity index is 620. The number of hydrogen-bond donors (Lipinski definition) is 2. The van der Waals surface area contributed by atoms with Gasteiger partial charge in [0.05, 0.1) is 18.3 Å². The molecular formula is C15H17Br2N3O. The van der Waals surface area contributed by atoms with Crippen LogP contribution in [0.3, 0.4) is 0 Å². The van der Waals surface area contributed by atoms with E-state index in [2.05, 4.69) is 42.3 Å². The van der Waals surface area contributed by atoms with Gasteiger partial charge in [-0.1, -0.05) is 31.9 Å². The van der Waals surface area contributed by atoms with Crippen LogP contribution in [-0.2, 0) is 0 Å². The topological polar surface area (TPSA) is 60.2 Å².